The highest BCUT2D eigenvalue weighted by Gasteiger charge is 2.41. The second-order valence-electron chi connectivity index (χ2n) is 5.20. The van der Waals surface area contributed by atoms with Crippen LogP contribution in [0.1, 0.15) is 30.7 Å². The molecule has 1 aromatic carbocycles. The largest absolute Gasteiger partial charge is 0.396 e. The van der Waals surface area contributed by atoms with E-state index in [1.54, 1.807) is 0 Å². The molecule has 0 aromatic heterocycles. The molecule has 0 bridgehead atoms. The Morgan fingerprint density at radius 1 is 1.33 bits per heavy atom. The van der Waals surface area contributed by atoms with Gasteiger partial charge in [0.2, 0.25) is 0 Å². The minimum Gasteiger partial charge on any atom is -0.396 e. The summed E-state index contributed by atoms with van der Waals surface area (Å²) in [4.78, 5) is 0. The number of hydrogen-bond acceptors (Lipinski definition) is 3. The zero-order valence-electron chi connectivity index (χ0n) is 10.6. The normalized spacial score (nSPS) is 18.0. The van der Waals surface area contributed by atoms with Crippen molar-refractivity contribution in [1.82, 2.24) is 5.32 Å². The predicted molar refractivity (Wildman–Crippen MR) is 71.0 cm³/mol. The number of benzene rings is 1. The number of nitrogens with one attached hydrogen (secondary N) is 1. The van der Waals surface area contributed by atoms with Crippen molar-refractivity contribution in [1.29, 1.82) is 5.26 Å². The Kier molecular flexibility index (Phi) is 4.35. The van der Waals surface area contributed by atoms with Crippen molar-refractivity contribution in [3.05, 3.63) is 35.9 Å². The van der Waals surface area contributed by atoms with Crippen LogP contribution in [0.5, 0.6) is 0 Å². The van der Waals surface area contributed by atoms with Crippen molar-refractivity contribution < 1.29 is 5.11 Å². The minimum absolute atomic E-state index is 0.0869. The molecule has 1 aliphatic carbocycles. The summed E-state index contributed by atoms with van der Waals surface area (Å²) >= 11 is 0. The Morgan fingerprint density at radius 2 is 2.06 bits per heavy atom. The molecule has 0 spiro atoms. The standard InChI is InChI=1S/C15H20N2O/c16-10-14(13-4-2-1-3-5-13)11-17-12-15(6-7-15)8-9-18/h1-5,14,17-18H,6-9,11-12H2. The van der Waals surface area contributed by atoms with Crippen LogP contribution >= 0.6 is 0 Å². The van der Waals surface area contributed by atoms with Gasteiger partial charge >= 0.3 is 0 Å². The highest BCUT2D eigenvalue weighted by atomic mass is 16.3. The zero-order chi connectivity index (χ0) is 12.8. The number of rotatable bonds is 7. The van der Waals surface area contributed by atoms with Crippen molar-refractivity contribution in [2.45, 2.75) is 25.2 Å². The molecule has 1 unspecified atom stereocenters. The Labute approximate surface area is 108 Å². The van der Waals surface area contributed by atoms with Crippen molar-refractivity contribution in [2.24, 2.45) is 5.41 Å². The van der Waals surface area contributed by atoms with Gasteiger partial charge in [-0.3, -0.25) is 0 Å². The van der Waals surface area contributed by atoms with Crippen molar-refractivity contribution in [3.8, 4) is 6.07 Å². The fourth-order valence-electron chi connectivity index (χ4n) is 2.33. The second-order valence-corrected chi connectivity index (χ2v) is 5.20. The number of aliphatic hydroxyl groups excluding tert-OH is 1. The number of aliphatic hydroxyl groups is 1. The Hall–Kier alpha value is -1.37. The molecule has 96 valence electrons. The molecule has 1 saturated carbocycles. The third-order valence-corrected chi connectivity index (χ3v) is 3.81. The number of nitriles is 1. The van der Waals surface area contributed by atoms with Crippen LogP contribution in [0.3, 0.4) is 0 Å². The van der Waals surface area contributed by atoms with Crippen LogP contribution in [0, 0.1) is 16.7 Å². The van der Waals surface area contributed by atoms with Gasteiger partial charge in [0.15, 0.2) is 0 Å². The van der Waals surface area contributed by atoms with Crippen LogP contribution in [0.15, 0.2) is 30.3 Å². The molecule has 1 atom stereocenters. The molecule has 1 aromatic rings. The lowest BCUT2D eigenvalue weighted by Gasteiger charge is -2.16. The average molecular weight is 244 g/mol. The van der Waals surface area contributed by atoms with E-state index in [2.05, 4.69) is 11.4 Å². The van der Waals surface area contributed by atoms with Crippen LogP contribution in [0.2, 0.25) is 0 Å². The quantitative estimate of drug-likeness (QED) is 0.771. The fourth-order valence-corrected chi connectivity index (χ4v) is 2.33. The molecular formula is C15H20N2O. The molecule has 1 fully saturated rings. The summed E-state index contributed by atoms with van der Waals surface area (Å²) in [6.07, 6.45) is 3.27. The van der Waals surface area contributed by atoms with E-state index in [1.807, 2.05) is 30.3 Å². The third kappa shape index (κ3) is 3.32. The fraction of sp³-hybridized carbons (Fsp3) is 0.533. The first-order valence-corrected chi connectivity index (χ1v) is 6.56. The van der Waals surface area contributed by atoms with Crippen LogP contribution in [0.4, 0.5) is 0 Å². The van der Waals surface area contributed by atoms with E-state index in [4.69, 9.17) is 5.11 Å². The van der Waals surface area contributed by atoms with Gasteiger partial charge in [0.05, 0.1) is 12.0 Å². The van der Waals surface area contributed by atoms with E-state index < -0.39 is 0 Å². The van der Waals surface area contributed by atoms with Gasteiger partial charge in [-0.05, 0) is 30.2 Å². The van der Waals surface area contributed by atoms with Crippen LogP contribution < -0.4 is 5.32 Å². The minimum atomic E-state index is -0.0869. The van der Waals surface area contributed by atoms with Gasteiger partial charge in [-0.25, -0.2) is 0 Å². The molecule has 0 aliphatic heterocycles. The van der Waals surface area contributed by atoms with Gasteiger partial charge in [0, 0.05) is 19.7 Å². The summed E-state index contributed by atoms with van der Waals surface area (Å²) in [6.45, 7) is 1.87. The Balaban J connectivity index is 1.80. The highest BCUT2D eigenvalue weighted by Crippen LogP contribution is 2.47. The van der Waals surface area contributed by atoms with Gasteiger partial charge in [0.25, 0.3) is 0 Å². The zero-order valence-corrected chi connectivity index (χ0v) is 10.6. The van der Waals surface area contributed by atoms with E-state index in [0.29, 0.717) is 12.0 Å². The monoisotopic (exact) mass is 244 g/mol. The Morgan fingerprint density at radius 3 is 2.61 bits per heavy atom. The van der Waals surface area contributed by atoms with Gasteiger partial charge in [-0.2, -0.15) is 5.26 Å². The lowest BCUT2D eigenvalue weighted by Crippen LogP contribution is -2.28. The SMILES string of the molecule is N#CC(CNCC1(CCO)CC1)c1ccccc1. The molecule has 18 heavy (non-hydrogen) atoms. The van der Waals surface area contributed by atoms with Crippen molar-refractivity contribution in [2.75, 3.05) is 19.7 Å². The van der Waals surface area contributed by atoms with Gasteiger partial charge in [-0.1, -0.05) is 30.3 Å². The molecule has 0 saturated heterocycles. The van der Waals surface area contributed by atoms with E-state index in [1.165, 1.54) is 12.8 Å². The van der Waals surface area contributed by atoms with Crippen molar-refractivity contribution >= 4 is 0 Å². The molecule has 0 amide bonds. The van der Waals surface area contributed by atoms with Gasteiger partial charge in [0.1, 0.15) is 0 Å². The first-order chi connectivity index (χ1) is 8.79. The molecule has 3 nitrogen and oxygen atoms in total. The van der Waals surface area contributed by atoms with Crippen molar-refractivity contribution in [3.63, 3.8) is 0 Å². The summed E-state index contributed by atoms with van der Waals surface area (Å²) in [5.41, 5.74) is 1.38. The molecule has 1 aliphatic rings. The molecule has 2 N–H and O–H groups in total. The highest BCUT2D eigenvalue weighted by molar-refractivity contribution is 5.25. The molecule has 2 rings (SSSR count). The second kappa shape index (κ2) is 5.99. The van der Waals surface area contributed by atoms with Crippen LogP contribution in [0.25, 0.3) is 0 Å². The smallest absolute Gasteiger partial charge is 0.0837 e. The number of hydrogen-bond donors (Lipinski definition) is 2. The van der Waals surface area contributed by atoms with E-state index in [0.717, 1.165) is 18.5 Å². The molecule has 3 heteroatoms. The van der Waals surface area contributed by atoms with E-state index in [9.17, 15) is 5.26 Å². The van der Waals surface area contributed by atoms with Gasteiger partial charge in [-0.15, -0.1) is 0 Å². The Bertz CT molecular complexity index is 406. The molecule has 0 radical (unpaired) electrons. The lowest BCUT2D eigenvalue weighted by atomic mass is 9.99. The third-order valence-electron chi connectivity index (χ3n) is 3.81. The van der Waals surface area contributed by atoms with E-state index in [-0.39, 0.29) is 12.5 Å². The predicted octanol–water partition coefficient (Wildman–Crippen LogP) is 2.05. The maximum Gasteiger partial charge on any atom is 0.0837 e. The molecular weight excluding hydrogens is 224 g/mol. The van der Waals surface area contributed by atoms with Gasteiger partial charge < -0.3 is 10.4 Å². The molecule has 0 heterocycles. The average Bonchev–Trinajstić information content (AvgIpc) is 3.16. The maximum absolute atomic E-state index is 9.20. The summed E-state index contributed by atoms with van der Waals surface area (Å²) in [5.74, 6) is -0.0869. The topological polar surface area (TPSA) is 56.0 Å². The number of nitrogens with zero attached hydrogens (tertiary/aromatic N) is 1. The summed E-state index contributed by atoms with van der Waals surface area (Å²) < 4.78 is 0. The summed E-state index contributed by atoms with van der Waals surface area (Å²) in [7, 11) is 0. The lowest BCUT2D eigenvalue weighted by molar-refractivity contribution is 0.245. The first kappa shape index (κ1) is 13.1. The van der Waals surface area contributed by atoms with Crippen LogP contribution in [-0.4, -0.2) is 24.8 Å². The van der Waals surface area contributed by atoms with Crippen LogP contribution in [-0.2, 0) is 0 Å². The summed E-state index contributed by atoms with van der Waals surface area (Å²) in [6, 6.07) is 12.2. The van der Waals surface area contributed by atoms with E-state index >= 15 is 0 Å². The maximum atomic E-state index is 9.20. The first-order valence-electron chi connectivity index (χ1n) is 6.56. The summed E-state index contributed by atoms with van der Waals surface area (Å²) in [5, 5.41) is 21.6.